The van der Waals surface area contributed by atoms with Crippen LogP contribution in [0.3, 0.4) is 0 Å². The van der Waals surface area contributed by atoms with Crippen molar-refractivity contribution in [1.82, 2.24) is 5.32 Å². The number of nitrogens with one attached hydrogen (secondary N) is 1. The van der Waals surface area contributed by atoms with Crippen molar-refractivity contribution in [2.75, 3.05) is 6.54 Å². The van der Waals surface area contributed by atoms with Gasteiger partial charge in [0.05, 0.1) is 0 Å². The minimum Gasteiger partial charge on any atom is -0.314 e. The summed E-state index contributed by atoms with van der Waals surface area (Å²) in [5.74, 6) is 3.82. The van der Waals surface area contributed by atoms with Crippen LogP contribution in [0.1, 0.15) is 65.7 Å². The standard InChI is InChI=1S/C16H31N/c1-12(2)15-5-4-6-16(10-15)17-11-14-8-7-13(3)9-14/h12-17H,4-11H2,1-3H3. The molecule has 0 bridgehead atoms. The van der Waals surface area contributed by atoms with Gasteiger partial charge >= 0.3 is 0 Å². The molecule has 0 aromatic carbocycles. The van der Waals surface area contributed by atoms with Crippen molar-refractivity contribution in [3.8, 4) is 0 Å². The summed E-state index contributed by atoms with van der Waals surface area (Å²) in [5.41, 5.74) is 0. The monoisotopic (exact) mass is 237 g/mol. The van der Waals surface area contributed by atoms with Gasteiger partial charge in [-0.15, -0.1) is 0 Å². The van der Waals surface area contributed by atoms with Gasteiger partial charge in [0.25, 0.3) is 0 Å². The lowest BCUT2D eigenvalue weighted by Gasteiger charge is -2.32. The average Bonchev–Trinajstić information content (AvgIpc) is 2.73. The van der Waals surface area contributed by atoms with Crippen molar-refractivity contribution in [3.05, 3.63) is 0 Å². The molecular formula is C16H31N. The average molecular weight is 237 g/mol. The highest BCUT2D eigenvalue weighted by Gasteiger charge is 2.26. The van der Waals surface area contributed by atoms with Crippen LogP contribution in [0.15, 0.2) is 0 Å². The molecule has 0 aliphatic heterocycles. The largest absolute Gasteiger partial charge is 0.314 e. The smallest absolute Gasteiger partial charge is 0.00699 e. The van der Waals surface area contributed by atoms with Gasteiger partial charge in [-0.3, -0.25) is 0 Å². The zero-order valence-electron chi connectivity index (χ0n) is 12.0. The highest BCUT2D eigenvalue weighted by molar-refractivity contribution is 4.82. The van der Waals surface area contributed by atoms with Crippen LogP contribution in [0.5, 0.6) is 0 Å². The van der Waals surface area contributed by atoms with E-state index in [1.807, 2.05) is 0 Å². The fourth-order valence-electron chi connectivity index (χ4n) is 3.86. The topological polar surface area (TPSA) is 12.0 Å². The van der Waals surface area contributed by atoms with E-state index in [1.54, 1.807) is 0 Å². The third-order valence-electron chi connectivity index (χ3n) is 5.16. The Labute approximate surface area is 108 Å². The fraction of sp³-hybridized carbons (Fsp3) is 1.00. The first kappa shape index (κ1) is 13.4. The van der Waals surface area contributed by atoms with Crippen LogP contribution < -0.4 is 5.32 Å². The predicted octanol–water partition coefficient (Wildman–Crippen LogP) is 4.23. The summed E-state index contributed by atoms with van der Waals surface area (Å²) in [6, 6.07) is 0.826. The minimum absolute atomic E-state index is 0.826. The molecule has 1 N–H and O–H groups in total. The Hall–Kier alpha value is -0.0400. The molecule has 2 rings (SSSR count). The number of hydrogen-bond donors (Lipinski definition) is 1. The first-order valence-corrected chi connectivity index (χ1v) is 7.88. The first-order chi connectivity index (χ1) is 8.15. The van der Waals surface area contributed by atoms with E-state index in [0.717, 1.165) is 29.7 Å². The van der Waals surface area contributed by atoms with E-state index in [2.05, 4.69) is 26.1 Å². The summed E-state index contributed by atoms with van der Waals surface area (Å²) in [7, 11) is 0. The SMILES string of the molecule is CC1CCC(CNC2CCCC(C(C)C)C2)C1. The maximum Gasteiger partial charge on any atom is 0.00699 e. The Kier molecular flexibility index (Phi) is 4.90. The Morgan fingerprint density at radius 2 is 1.88 bits per heavy atom. The molecule has 2 fully saturated rings. The quantitative estimate of drug-likeness (QED) is 0.771. The van der Waals surface area contributed by atoms with E-state index >= 15 is 0 Å². The molecule has 2 saturated carbocycles. The molecule has 1 nitrogen and oxygen atoms in total. The Morgan fingerprint density at radius 3 is 2.53 bits per heavy atom. The molecular weight excluding hydrogens is 206 g/mol. The molecule has 1 heteroatoms. The molecule has 0 amide bonds. The van der Waals surface area contributed by atoms with Crippen LogP contribution in [0.2, 0.25) is 0 Å². The Balaban J connectivity index is 1.68. The van der Waals surface area contributed by atoms with E-state index in [1.165, 1.54) is 51.5 Å². The van der Waals surface area contributed by atoms with Gasteiger partial charge in [-0.1, -0.05) is 40.0 Å². The van der Waals surface area contributed by atoms with Crippen molar-refractivity contribution in [2.24, 2.45) is 23.7 Å². The molecule has 4 unspecified atom stereocenters. The van der Waals surface area contributed by atoms with Gasteiger partial charge in [-0.25, -0.2) is 0 Å². The van der Waals surface area contributed by atoms with Crippen molar-refractivity contribution in [3.63, 3.8) is 0 Å². The van der Waals surface area contributed by atoms with Crippen molar-refractivity contribution in [1.29, 1.82) is 0 Å². The molecule has 0 saturated heterocycles. The summed E-state index contributed by atoms with van der Waals surface area (Å²) in [6.45, 7) is 8.49. The predicted molar refractivity (Wildman–Crippen MR) is 75.1 cm³/mol. The summed E-state index contributed by atoms with van der Waals surface area (Å²) in [4.78, 5) is 0. The zero-order chi connectivity index (χ0) is 12.3. The van der Waals surface area contributed by atoms with Crippen LogP contribution >= 0.6 is 0 Å². The van der Waals surface area contributed by atoms with E-state index in [4.69, 9.17) is 0 Å². The lowest BCUT2D eigenvalue weighted by atomic mass is 9.79. The van der Waals surface area contributed by atoms with Crippen LogP contribution in [0.4, 0.5) is 0 Å². The maximum absolute atomic E-state index is 3.87. The van der Waals surface area contributed by atoms with Crippen molar-refractivity contribution >= 4 is 0 Å². The van der Waals surface area contributed by atoms with Gasteiger partial charge in [0.15, 0.2) is 0 Å². The molecule has 0 aromatic rings. The highest BCUT2D eigenvalue weighted by Crippen LogP contribution is 2.32. The first-order valence-electron chi connectivity index (χ1n) is 7.88. The molecule has 17 heavy (non-hydrogen) atoms. The molecule has 4 atom stereocenters. The summed E-state index contributed by atoms with van der Waals surface area (Å²) >= 11 is 0. The van der Waals surface area contributed by atoms with Crippen LogP contribution in [0.25, 0.3) is 0 Å². The second kappa shape index (κ2) is 6.22. The van der Waals surface area contributed by atoms with Gasteiger partial charge in [-0.05, 0) is 55.9 Å². The minimum atomic E-state index is 0.826. The van der Waals surface area contributed by atoms with Gasteiger partial charge in [0, 0.05) is 6.04 Å². The molecule has 0 spiro atoms. The maximum atomic E-state index is 3.87. The summed E-state index contributed by atoms with van der Waals surface area (Å²) in [5, 5.41) is 3.87. The van der Waals surface area contributed by atoms with E-state index < -0.39 is 0 Å². The third kappa shape index (κ3) is 3.98. The summed E-state index contributed by atoms with van der Waals surface area (Å²) < 4.78 is 0. The highest BCUT2D eigenvalue weighted by atomic mass is 14.9. The lowest BCUT2D eigenvalue weighted by molar-refractivity contribution is 0.226. The fourth-order valence-corrected chi connectivity index (χ4v) is 3.86. The third-order valence-corrected chi connectivity index (χ3v) is 5.16. The van der Waals surface area contributed by atoms with Crippen LogP contribution in [-0.2, 0) is 0 Å². The van der Waals surface area contributed by atoms with Crippen LogP contribution in [-0.4, -0.2) is 12.6 Å². The van der Waals surface area contributed by atoms with Crippen molar-refractivity contribution < 1.29 is 0 Å². The molecule has 100 valence electrons. The summed E-state index contributed by atoms with van der Waals surface area (Å²) in [6.07, 6.45) is 10.2. The van der Waals surface area contributed by atoms with Crippen molar-refractivity contribution in [2.45, 2.75) is 71.8 Å². The van der Waals surface area contributed by atoms with Gasteiger partial charge in [0.2, 0.25) is 0 Å². The van der Waals surface area contributed by atoms with E-state index in [0.29, 0.717) is 0 Å². The van der Waals surface area contributed by atoms with Gasteiger partial charge in [-0.2, -0.15) is 0 Å². The van der Waals surface area contributed by atoms with Crippen LogP contribution in [0, 0.1) is 23.7 Å². The van der Waals surface area contributed by atoms with Gasteiger partial charge < -0.3 is 5.32 Å². The van der Waals surface area contributed by atoms with Gasteiger partial charge in [0.1, 0.15) is 0 Å². The normalized spacial score (nSPS) is 38.8. The molecule has 0 aromatic heterocycles. The Bertz CT molecular complexity index is 224. The van der Waals surface area contributed by atoms with E-state index in [9.17, 15) is 0 Å². The Morgan fingerprint density at radius 1 is 1.06 bits per heavy atom. The second-order valence-corrected chi connectivity index (χ2v) is 7.06. The number of rotatable bonds is 4. The number of hydrogen-bond acceptors (Lipinski definition) is 1. The lowest BCUT2D eigenvalue weighted by Crippen LogP contribution is -2.37. The van der Waals surface area contributed by atoms with E-state index in [-0.39, 0.29) is 0 Å². The molecule has 2 aliphatic carbocycles. The molecule has 2 aliphatic rings. The second-order valence-electron chi connectivity index (χ2n) is 7.06. The molecule has 0 radical (unpaired) electrons. The molecule has 0 heterocycles. The zero-order valence-corrected chi connectivity index (χ0v) is 12.0.